The third-order valence-electron chi connectivity index (χ3n) is 5.40. The fourth-order valence-electron chi connectivity index (χ4n) is 3.61. The number of aromatic nitrogens is 2. The van der Waals surface area contributed by atoms with E-state index in [2.05, 4.69) is 41.3 Å². The summed E-state index contributed by atoms with van der Waals surface area (Å²) >= 11 is 0. The Balaban J connectivity index is 1.77. The molecule has 6 nitrogen and oxygen atoms in total. The number of amides is 1. The molecule has 0 aliphatic rings. The first-order valence-electron chi connectivity index (χ1n) is 11.0. The summed E-state index contributed by atoms with van der Waals surface area (Å²) in [5.74, 6) is -0.0296. The molecule has 0 aliphatic carbocycles. The highest BCUT2D eigenvalue weighted by atomic mass is 16.2. The van der Waals surface area contributed by atoms with Crippen LogP contribution in [-0.4, -0.2) is 33.7 Å². The largest absolute Gasteiger partial charge is 0.347 e. The first kappa shape index (κ1) is 22.7. The Kier molecular flexibility index (Phi) is 7.58. The predicted octanol–water partition coefficient (Wildman–Crippen LogP) is 3.82. The summed E-state index contributed by atoms with van der Waals surface area (Å²) < 4.78 is 1.41. The molecule has 0 unspecified atom stereocenters. The van der Waals surface area contributed by atoms with E-state index in [1.807, 2.05) is 38.1 Å². The first-order valence-corrected chi connectivity index (χ1v) is 11.0. The van der Waals surface area contributed by atoms with Crippen molar-refractivity contribution in [2.75, 3.05) is 13.1 Å². The molecule has 31 heavy (non-hydrogen) atoms. The lowest BCUT2D eigenvalue weighted by atomic mass is 10.1. The third-order valence-corrected chi connectivity index (χ3v) is 5.40. The number of carbonyl (C=O) groups is 1. The summed E-state index contributed by atoms with van der Waals surface area (Å²) in [6.07, 6.45) is 0. The van der Waals surface area contributed by atoms with E-state index >= 15 is 0 Å². The Bertz CT molecular complexity index is 1080. The van der Waals surface area contributed by atoms with Gasteiger partial charge in [0.25, 0.3) is 11.5 Å². The van der Waals surface area contributed by atoms with E-state index in [-0.39, 0.29) is 23.1 Å². The number of rotatable bonds is 9. The van der Waals surface area contributed by atoms with Gasteiger partial charge in [0.1, 0.15) is 0 Å². The average Bonchev–Trinajstić information content (AvgIpc) is 2.78. The van der Waals surface area contributed by atoms with Gasteiger partial charge in [-0.1, -0.05) is 70.2 Å². The first-order chi connectivity index (χ1) is 14.9. The summed E-state index contributed by atoms with van der Waals surface area (Å²) in [4.78, 5) is 28.1. The summed E-state index contributed by atoms with van der Waals surface area (Å²) in [6.45, 7) is 12.2. The van der Waals surface area contributed by atoms with E-state index in [0.717, 1.165) is 25.2 Å². The molecular weight excluding hydrogens is 388 g/mol. The standard InChI is InChI=1S/C25H32N4O2/c1-5-28(6-2)17-20-13-11-19(12-14-20)15-26-24(30)23-21-9-7-8-10-22(21)25(31)29(27-23)16-18(3)4/h7-14,18H,5-6,15-17H2,1-4H3,(H,26,30). The second-order valence-electron chi connectivity index (χ2n) is 8.24. The summed E-state index contributed by atoms with van der Waals surface area (Å²) in [6, 6.07) is 15.5. The van der Waals surface area contributed by atoms with Gasteiger partial charge in [0, 0.05) is 25.0 Å². The van der Waals surface area contributed by atoms with Crippen LogP contribution in [0.5, 0.6) is 0 Å². The molecule has 0 saturated carbocycles. The Morgan fingerprint density at radius 3 is 2.23 bits per heavy atom. The van der Waals surface area contributed by atoms with Crippen LogP contribution in [0.25, 0.3) is 10.8 Å². The molecule has 0 radical (unpaired) electrons. The molecule has 6 heteroatoms. The van der Waals surface area contributed by atoms with Crippen LogP contribution in [0.3, 0.4) is 0 Å². The number of nitrogens with zero attached hydrogens (tertiary/aromatic N) is 3. The van der Waals surface area contributed by atoms with Crippen molar-refractivity contribution in [3.05, 3.63) is 75.7 Å². The van der Waals surface area contributed by atoms with E-state index in [1.165, 1.54) is 10.2 Å². The van der Waals surface area contributed by atoms with Gasteiger partial charge in [0.05, 0.1) is 5.39 Å². The minimum absolute atomic E-state index is 0.162. The van der Waals surface area contributed by atoms with Crippen molar-refractivity contribution in [1.82, 2.24) is 20.0 Å². The van der Waals surface area contributed by atoms with Crippen molar-refractivity contribution < 1.29 is 4.79 Å². The van der Waals surface area contributed by atoms with Crippen molar-refractivity contribution in [3.8, 4) is 0 Å². The number of fused-ring (bicyclic) bond motifs is 1. The molecule has 164 valence electrons. The Morgan fingerprint density at radius 2 is 1.61 bits per heavy atom. The minimum atomic E-state index is -0.277. The summed E-state index contributed by atoms with van der Waals surface area (Å²) in [7, 11) is 0. The van der Waals surface area contributed by atoms with Gasteiger partial charge < -0.3 is 5.32 Å². The number of benzene rings is 2. The van der Waals surface area contributed by atoms with Gasteiger partial charge >= 0.3 is 0 Å². The Hall–Kier alpha value is -2.99. The molecule has 3 rings (SSSR count). The van der Waals surface area contributed by atoms with Gasteiger partial charge in [-0.15, -0.1) is 0 Å². The monoisotopic (exact) mass is 420 g/mol. The number of hydrogen-bond donors (Lipinski definition) is 1. The van der Waals surface area contributed by atoms with Crippen LogP contribution in [0.1, 0.15) is 49.3 Å². The average molecular weight is 421 g/mol. The quantitative estimate of drug-likeness (QED) is 0.571. The second-order valence-corrected chi connectivity index (χ2v) is 8.24. The van der Waals surface area contributed by atoms with Crippen LogP contribution in [0.4, 0.5) is 0 Å². The van der Waals surface area contributed by atoms with Gasteiger partial charge in [0.2, 0.25) is 0 Å². The molecule has 3 aromatic rings. The van der Waals surface area contributed by atoms with Crippen LogP contribution in [0.15, 0.2) is 53.3 Å². The van der Waals surface area contributed by atoms with Crippen LogP contribution >= 0.6 is 0 Å². The van der Waals surface area contributed by atoms with Gasteiger partial charge in [-0.3, -0.25) is 14.5 Å². The normalized spacial score (nSPS) is 11.4. The van der Waals surface area contributed by atoms with Gasteiger partial charge in [-0.25, -0.2) is 4.68 Å². The molecule has 0 fully saturated rings. The smallest absolute Gasteiger partial charge is 0.274 e. The van der Waals surface area contributed by atoms with E-state index in [9.17, 15) is 9.59 Å². The summed E-state index contributed by atoms with van der Waals surface area (Å²) in [5.41, 5.74) is 2.40. The van der Waals surface area contributed by atoms with Crippen molar-refractivity contribution >= 4 is 16.7 Å². The Morgan fingerprint density at radius 1 is 1.00 bits per heavy atom. The minimum Gasteiger partial charge on any atom is -0.347 e. The maximum atomic E-state index is 13.0. The third kappa shape index (κ3) is 5.58. The summed E-state index contributed by atoms with van der Waals surface area (Å²) in [5, 5.41) is 8.47. The Labute approximate surface area is 183 Å². The molecule has 1 N–H and O–H groups in total. The molecule has 0 aliphatic heterocycles. The van der Waals surface area contributed by atoms with Gasteiger partial charge in [-0.05, 0) is 36.2 Å². The number of carbonyl (C=O) groups excluding carboxylic acids is 1. The highest BCUT2D eigenvalue weighted by Gasteiger charge is 2.17. The lowest BCUT2D eigenvalue weighted by Gasteiger charge is -2.18. The number of nitrogens with one attached hydrogen (secondary N) is 1. The van der Waals surface area contributed by atoms with Crippen molar-refractivity contribution in [3.63, 3.8) is 0 Å². The van der Waals surface area contributed by atoms with Crippen molar-refractivity contribution in [1.29, 1.82) is 0 Å². The SMILES string of the molecule is CCN(CC)Cc1ccc(CNC(=O)c2nn(CC(C)C)c(=O)c3ccccc23)cc1. The van der Waals surface area contributed by atoms with E-state index in [1.54, 1.807) is 12.1 Å². The maximum Gasteiger partial charge on any atom is 0.274 e. The molecular formula is C25H32N4O2. The highest BCUT2D eigenvalue weighted by molar-refractivity contribution is 6.04. The molecule has 1 heterocycles. The fourth-order valence-corrected chi connectivity index (χ4v) is 3.61. The molecule has 0 bridgehead atoms. The van der Waals surface area contributed by atoms with Crippen molar-refractivity contribution in [2.45, 2.75) is 47.3 Å². The van der Waals surface area contributed by atoms with E-state index in [0.29, 0.717) is 23.9 Å². The highest BCUT2D eigenvalue weighted by Crippen LogP contribution is 2.14. The van der Waals surface area contributed by atoms with Gasteiger partial charge in [-0.2, -0.15) is 5.10 Å². The predicted molar refractivity (Wildman–Crippen MR) is 125 cm³/mol. The van der Waals surface area contributed by atoms with Crippen LogP contribution in [0, 0.1) is 5.92 Å². The number of hydrogen-bond acceptors (Lipinski definition) is 4. The zero-order valence-corrected chi connectivity index (χ0v) is 18.9. The fraction of sp³-hybridized carbons (Fsp3) is 0.400. The second kappa shape index (κ2) is 10.4. The molecule has 1 amide bonds. The molecule has 1 aromatic heterocycles. The van der Waals surface area contributed by atoms with Crippen molar-refractivity contribution in [2.24, 2.45) is 5.92 Å². The zero-order valence-electron chi connectivity index (χ0n) is 18.9. The van der Waals surface area contributed by atoms with Gasteiger partial charge in [0.15, 0.2) is 5.69 Å². The topological polar surface area (TPSA) is 67.2 Å². The molecule has 0 atom stereocenters. The van der Waals surface area contributed by atoms with Crippen LogP contribution < -0.4 is 10.9 Å². The van der Waals surface area contributed by atoms with E-state index < -0.39 is 0 Å². The van der Waals surface area contributed by atoms with Crippen LogP contribution in [-0.2, 0) is 19.6 Å². The lowest BCUT2D eigenvalue weighted by molar-refractivity contribution is 0.0945. The molecule has 0 saturated heterocycles. The zero-order chi connectivity index (χ0) is 22.4. The maximum absolute atomic E-state index is 13.0. The molecule has 2 aromatic carbocycles. The van der Waals surface area contributed by atoms with Crippen LogP contribution in [0.2, 0.25) is 0 Å². The van der Waals surface area contributed by atoms with E-state index in [4.69, 9.17) is 0 Å². The lowest BCUT2D eigenvalue weighted by Crippen LogP contribution is -2.31. The molecule has 0 spiro atoms.